The molecule has 0 aliphatic rings. The number of aryl methyl sites for hydroxylation is 2. The number of hydrogen-bond donors (Lipinski definition) is 1. The van der Waals surface area contributed by atoms with Crippen LogP contribution in [0.4, 0.5) is 0 Å². The van der Waals surface area contributed by atoms with Crippen molar-refractivity contribution < 1.29 is 4.79 Å². The molecule has 0 aliphatic heterocycles. The minimum absolute atomic E-state index is 0.0292. The molecule has 0 saturated heterocycles. The number of carbonyl (C=O) groups excluding carboxylic acids is 1. The molecule has 4 nitrogen and oxygen atoms in total. The van der Waals surface area contributed by atoms with E-state index in [0.29, 0.717) is 17.3 Å². The number of rotatable bonds is 4. The second kappa shape index (κ2) is 5.55. The lowest BCUT2D eigenvalue weighted by Gasteiger charge is -2.03. The standard InChI is InChI=1S/C14H16ClN3O/c1-9-12(14(15)18(2)17-9)7-13(19)11-5-3-10(8-16)4-6-11/h3-6H,7-8,16H2,1-2H3. The van der Waals surface area contributed by atoms with Gasteiger partial charge in [-0.1, -0.05) is 35.9 Å². The van der Waals surface area contributed by atoms with E-state index in [-0.39, 0.29) is 12.2 Å². The maximum atomic E-state index is 12.2. The smallest absolute Gasteiger partial charge is 0.167 e. The van der Waals surface area contributed by atoms with E-state index >= 15 is 0 Å². The number of Topliss-reactive ketones (excluding diaryl/α,β-unsaturated/α-hetero) is 1. The van der Waals surface area contributed by atoms with Crippen LogP contribution in [0.25, 0.3) is 0 Å². The molecule has 0 atom stereocenters. The molecule has 0 bridgehead atoms. The van der Waals surface area contributed by atoms with E-state index in [4.69, 9.17) is 17.3 Å². The normalized spacial score (nSPS) is 10.7. The van der Waals surface area contributed by atoms with Gasteiger partial charge < -0.3 is 5.73 Å². The van der Waals surface area contributed by atoms with Gasteiger partial charge in [0.1, 0.15) is 5.15 Å². The summed E-state index contributed by atoms with van der Waals surface area (Å²) in [4.78, 5) is 12.2. The van der Waals surface area contributed by atoms with E-state index in [1.54, 1.807) is 23.9 Å². The average molecular weight is 278 g/mol. The molecular formula is C14H16ClN3O. The van der Waals surface area contributed by atoms with Crippen molar-refractivity contribution in [3.8, 4) is 0 Å². The van der Waals surface area contributed by atoms with Crippen LogP contribution in [0.5, 0.6) is 0 Å². The number of hydrogen-bond acceptors (Lipinski definition) is 3. The highest BCUT2D eigenvalue weighted by Gasteiger charge is 2.16. The quantitative estimate of drug-likeness (QED) is 0.872. The van der Waals surface area contributed by atoms with Gasteiger partial charge in [0.25, 0.3) is 0 Å². The lowest BCUT2D eigenvalue weighted by Crippen LogP contribution is -2.05. The third-order valence-corrected chi connectivity index (χ3v) is 3.59. The minimum atomic E-state index is 0.0292. The van der Waals surface area contributed by atoms with Crippen molar-refractivity contribution in [2.24, 2.45) is 12.8 Å². The molecule has 5 heteroatoms. The molecule has 1 aromatic heterocycles. The zero-order valence-electron chi connectivity index (χ0n) is 11.0. The molecule has 0 unspecified atom stereocenters. The second-order valence-corrected chi connectivity index (χ2v) is 4.84. The lowest BCUT2D eigenvalue weighted by molar-refractivity contribution is 0.0992. The molecule has 0 aliphatic carbocycles. The van der Waals surface area contributed by atoms with E-state index in [9.17, 15) is 4.79 Å². The number of benzene rings is 1. The molecule has 0 fully saturated rings. The molecular weight excluding hydrogens is 262 g/mol. The highest BCUT2D eigenvalue weighted by molar-refractivity contribution is 6.30. The highest BCUT2D eigenvalue weighted by atomic mass is 35.5. The van der Waals surface area contributed by atoms with Crippen molar-refractivity contribution in [3.63, 3.8) is 0 Å². The summed E-state index contributed by atoms with van der Waals surface area (Å²) >= 11 is 6.12. The zero-order valence-corrected chi connectivity index (χ0v) is 11.7. The maximum absolute atomic E-state index is 12.2. The summed E-state index contributed by atoms with van der Waals surface area (Å²) in [7, 11) is 1.76. The average Bonchev–Trinajstić information content (AvgIpc) is 2.65. The van der Waals surface area contributed by atoms with E-state index in [0.717, 1.165) is 16.8 Å². The molecule has 100 valence electrons. The summed E-state index contributed by atoms with van der Waals surface area (Å²) in [6, 6.07) is 7.32. The Hall–Kier alpha value is -1.65. The van der Waals surface area contributed by atoms with Crippen molar-refractivity contribution in [2.45, 2.75) is 19.9 Å². The van der Waals surface area contributed by atoms with Crippen LogP contribution in [0.3, 0.4) is 0 Å². The highest BCUT2D eigenvalue weighted by Crippen LogP contribution is 2.20. The van der Waals surface area contributed by atoms with E-state index in [2.05, 4.69) is 5.10 Å². The Balaban J connectivity index is 2.20. The summed E-state index contributed by atoms with van der Waals surface area (Å²) in [5, 5.41) is 4.72. The number of nitrogens with two attached hydrogens (primary N) is 1. The molecule has 0 saturated carbocycles. The van der Waals surface area contributed by atoms with Gasteiger partial charge in [-0.25, -0.2) is 0 Å². The predicted molar refractivity (Wildman–Crippen MR) is 75.3 cm³/mol. The molecule has 1 heterocycles. The number of halogens is 1. The van der Waals surface area contributed by atoms with Crippen LogP contribution in [-0.4, -0.2) is 15.6 Å². The number of ketones is 1. The Labute approximate surface area is 117 Å². The topological polar surface area (TPSA) is 60.9 Å². The van der Waals surface area contributed by atoms with Gasteiger partial charge >= 0.3 is 0 Å². The van der Waals surface area contributed by atoms with Crippen LogP contribution in [0, 0.1) is 6.92 Å². The first-order valence-corrected chi connectivity index (χ1v) is 6.41. The monoisotopic (exact) mass is 277 g/mol. The summed E-state index contributed by atoms with van der Waals surface area (Å²) in [6.07, 6.45) is 0.264. The van der Waals surface area contributed by atoms with Gasteiger partial charge in [0.15, 0.2) is 5.78 Å². The van der Waals surface area contributed by atoms with E-state index < -0.39 is 0 Å². The molecule has 2 aromatic rings. The number of aromatic nitrogens is 2. The Morgan fingerprint density at radius 2 is 2.00 bits per heavy atom. The van der Waals surface area contributed by atoms with Crippen molar-refractivity contribution in [2.75, 3.05) is 0 Å². The number of nitrogens with zero attached hydrogens (tertiary/aromatic N) is 2. The van der Waals surface area contributed by atoms with Gasteiger partial charge in [0.2, 0.25) is 0 Å². The zero-order chi connectivity index (χ0) is 14.0. The fourth-order valence-corrected chi connectivity index (χ4v) is 2.21. The summed E-state index contributed by atoms with van der Waals surface area (Å²) < 4.78 is 1.58. The first kappa shape index (κ1) is 13.8. The third-order valence-electron chi connectivity index (χ3n) is 3.12. The van der Waals surface area contributed by atoms with Crippen molar-refractivity contribution in [1.29, 1.82) is 0 Å². The Morgan fingerprint density at radius 3 is 2.47 bits per heavy atom. The van der Waals surface area contributed by atoms with Gasteiger partial charge in [-0.05, 0) is 12.5 Å². The summed E-state index contributed by atoms with van der Waals surface area (Å²) in [5.41, 5.74) is 8.78. The minimum Gasteiger partial charge on any atom is -0.326 e. The Bertz CT molecular complexity index is 602. The van der Waals surface area contributed by atoms with Gasteiger partial charge in [-0.2, -0.15) is 5.10 Å². The summed E-state index contributed by atoms with van der Waals surface area (Å²) in [5.74, 6) is 0.0292. The number of carbonyl (C=O) groups is 1. The Kier molecular flexibility index (Phi) is 4.02. The van der Waals surface area contributed by atoms with Crippen molar-refractivity contribution in [3.05, 3.63) is 51.8 Å². The van der Waals surface area contributed by atoms with Crippen LogP contribution in [-0.2, 0) is 20.0 Å². The fraction of sp³-hybridized carbons (Fsp3) is 0.286. The summed E-state index contributed by atoms with van der Waals surface area (Å²) in [6.45, 7) is 2.33. The van der Waals surface area contributed by atoms with Crippen LogP contribution in [0.15, 0.2) is 24.3 Å². The molecule has 2 N–H and O–H groups in total. The Morgan fingerprint density at radius 1 is 1.37 bits per heavy atom. The molecule has 0 radical (unpaired) electrons. The molecule has 0 spiro atoms. The molecule has 2 rings (SSSR count). The van der Waals surface area contributed by atoms with Crippen molar-refractivity contribution >= 4 is 17.4 Å². The SMILES string of the molecule is Cc1nn(C)c(Cl)c1CC(=O)c1ccc(CN)cc1. The van der Waals surface area contributed by atoms with Gasteiger partial charge in [0, 0.05) is 31.1 Å². The lowest BCUT2D eigenvalue weighted by atomic mass is 10.0. The second-order valence-electron chi connectivity index (χ2n) is 4.48. The largest absolute Gasteiger partial charge is 0.326 e. The molecule has 0 amide bonds. The van der Waals surface area contributed by atoms with Crippen molar-refractivity contribution in [1.82, 2.24) is 9.78 Å². The van der Waals surface area contributed by atoms with Crippen LogP contribution in [0.2, 0.25) is 5.15 Å². The van der Waals surface area contributed by atoms with Crippen LogP contribution < -0.4 is 5.73 Å². The molecule has 1 aromatic carbocycles. The molecule has 19 heavy (non-hydrogen) atoms. The van der Waals surface area contributed by atoms with E-state index in [1.165, 1.54) is 0 Å². The van der Waals surface area contributed by atoms with Crippen LogP contribution >= 0.6 is 11.6 Å². The predicted octanol–water partition coefficient (Wildman–Crippen LogP) is 2.27. The van der Waals surface area contributed by atoms with E-state index in [1.807, 2.05) is 19.1 Å². The van der Waals surface area contributed by atoms with Gasteiger partial charge in [-0.15, -0.1) is 0 Å². The first-order chi connectivity index (χ1) is 9.02. The van der Waals surface area contributed by atoms with Crippen LogP contribution in [0.1, 0.15) is 27.2 Å². The fourth-order valence-electron chi connectivity index (χ4n) is 1.96. The third kappa shape index (κ3) is 2.85. The first-order valence-electron chi connectivity index (χ1n) is 6.03. The van der Waals surface area contributed by atoms with Gasteiger partial charge in [-0.3, -0.25) is 9.48 Å². The van der Waals surface area contributed by atoms with Gasteiger partial charge in [0.05, 0.1) is 5.69 Å². The maximum Gasteiger partial charge on any atom is 0.167 e.